The third-order valence-electron chi connectivity index (χ3n) is 4.10. The molecular formula is C21H15F2N3O. The van der Waals surface area contributed by atoms with Gasteiger partial charge in [-0.3, -0.25) is 0 Å². The number of rotatable bonds is 3. The molecule has 6 heteroatoms. The minimum atomic E-state index is -0.475. The molecule has 0 fully saturated rings. The van der Waals surface area contributed by atoms with Crippen LogP contribution >= 0.6 is 0 Å². The Labute approximate surface area is 153 Å². The molecular weight excluding hydrogens is 348 g/mol. The van der Waals surface area contributed by atoms with E-state index in [0.717, 1.165) is 22.2 Å². The smallest absolute Gasteiger partial charge is 0.323 e. The van der Waals surface area contributed by atoms with Gasteiger partial charge in [-0.15, -0.1) is 0 Å². The fourth-order valence-corrected chi connectivity index (χ4v) is 2.88. The van der Waals surface area contributed by atoms with E-state index in [1.807, 2.05) is 12.1 Å². The molecule has 4 rings (SSSR count). The van der Waals surface area contributed by atoms with Crippen LogP contribution in [0.1, 0.15) is 0 Å². The molecule has 2 amide bonds. The predicted octanol–water partition coefficient (Wildman–Crippen LogP) is 5.76. The summed E-state index contributed by atoms with van der Waals surface area (Å²) in [5, 5.41) is 6.07. The molecule has 0 saturated carbocycles. The van der Waals surface area contributed by atoms with Gasteiger partial charge in [0.25, 0.3) is 0 Å². The Bertz CT molecular complexity index is 1140. The van der Waals surface area contributed by atoms with E-state index in [1.165, 1.54) is 30.3 Å². The maximum Gasteiger partial charge on any atom is 0.323 e. The normalized spacial score (nSPS) is 10.7. The first-order chi connectivity index (χ1) is 13.1. The molecule has 134 valence electrons. The number of urea groups is 1. The fourth-order valence-electron chi connectivity index (χ4n) is 2.88. The highest BCUT2D eigenvalue weighted by Gasteiger charge is 2.07. The molecule has 0 unspecified atom stereocenters. The number of carbonyl (C=O) groups is 1. The minimum absolute atomic E-state index is 0.294. The number of amides is 2. The van der Waals surface area contributed by atoms with Crippen molar-refractivity contribution in [2.45, 2.75) is 0 Å². The molecule has 0 atom stereocenters. The number of nitrogens with one attached hydrogen (secondary N) is 3. The van der Waals surface area contributed by atoms with Crippen LogP contribution in [0.3, 0.4) is 0 Å². The minimum Gasteiger partial charge on any atom is -0.355 e. The summed E-state index contributed by atoms with van der Waals surface area (Å²) in [4.78, 5) is 15.4. The van der Waals surface area contributed by atoms with Crippen molar-refractivity contribution in [3.63, 3.8) is 0 Å². The summed E-state index contributed by atoms with van der Waals surface area (Å²) in [6.07, 6.45) is 0. The molecule has 0 radical (unpaired) electrons. The first-order valence-electron chi connectivity index (χ1n) is 8.29. The van der Waals surface area contributed by atoms with Crippen LogP contribution in [0.15, 0.2) is 72.8 Å². The standard InChI is InChI=1S/C21H15F2N3O/c22-15-4-2-6-18(12-15)25-21(27)24-17-5-1-3-13(10-17)20-11-14-9-16(23)7-8-19(14)26-20/h1-12,26H,(H2,24,25,27). The van der Waals surface area contributed by atoms with Crippen molar-refractivity contribution < 1.29 is 13.6 Å². The van der Waals surface area contributed by atoms with Gasteiger partial charge >= 0.3 is 6.03 Å². The molecule has 0 bridgehead atoms. The van der Waals surface area contributed by atoms with Gasteiger partial charge in [-0.05, 0) is 54.6 Å². The lowest BCUT2D eigenvalue weighted by molar-refractivity contribution is 0.262. The van der Waals surface area contributed by atoms with Gasteiger partial charge in [-0.1, -0.05) is 18.2 Å². The Morgan fingerprint density at radius 1 is 0.778 bits per heavy atom. The first-order valence-corrected chi connectivity index (χ1v) is 8.29. The van der Waals surface area contributed by atoms with Crippen molar-refractivity contribution in [3.05, 3.63) is 84.4 Å². The van der Waals surface area contributed by atoms with Crippen LogP contribution in [0.2, 0.25) is 0 Å². The van der Waals surface area contributed by atoms with Gasteiger partial charge in [0.1, 0.15) is 11.6 Å². The number of benzene rings is 3. The van der Waals surface area contributed by atoms with Crippen molar-refractivity contribution in [1.82, 2.24) is 4.98 Å². The Kier molecular flexibility index (Phi) is 4.30. The number of fused-ring (bicyclic) bond motifs is 1. The molecule has 1 heterocycles. The summed E-state index contributed by atoms with van der Waals surface area (Å²) in [5.74, 6) is -0.720. The van der Waals surface area contributed by atoms with E-state index < -0.39 is 11.8 Å². The van der Waals surface area contributed by atoms with Crippen molar-refractivity contribution in [2.75, 3.05) is 10.6 Å². The predicted molar refractivity (Wildman–Crippen MR) is 103 cm³/mol. The van der Waals surface area contributed by atoms with Gasteiger partial charge in [0.15, 0.2) is 0 Å². The van der Waals surface area contributed by atoms with Gasteiger partial charge in [-0.25, -0.2) is 13.6 Å². The summed E-state index contributed by atoms with van der Waals surface area (Å²) >= 11 is 0. The summed E-state index contributed by atoms with van der Waals surface area (Å²) in [6.45, 7) is 0. The van der Waals surface area contributed by atoms with Crippen molar-refractivity contribution >= 4 is 28.3 Å². The number of hydrogen-bond donors (Lipinski definition) is 3. The lowest BCUT2D eigenvalue weighted by Gasteiger charge is -2.09. The second-order valence-corrected chi connectivity index (χ2v) is 6.08. The third-order valence-corrected chi connectivity index (χ3v) is 4.10. The van der Waals surface area contributed by atoms with Crippen LogP contribution in [-0.4, -0.2) is 11.0 Å². The Morgan fingerprint density at radius 3 is 2.26 bits per heavy atom. The largest absolute Gasteiger partial charge is 0.355 e. The van der Waals surface area contributed by atoms with Crippen LogP contribution in [0.4, 0.5) is 25.0 Å². The first kappa shape index (κ1) is 16.8. The van der Waals surface area contributed by atoms with E-state index in [9.17, 15) is 13.6 Å². The molecule has 3 aromatic carbocycles. The van der Waals surface area contributed by atoms with Crippen molar-refractivity contribution in [2.24, 2.45) is 0 Å². The number of hydrogen-bond acceptors (Lipinski definition) is 1. The lowest BCUT2D eigenvalue weighted by atomic mass is 10.1. The number of aromatic amines is 1. The van der Waals surface area contributed by atoms with E-state index >= 15 is 0 Å². The zero-order valence-corrected chi connectivity index (χ0v) is 14.1. The molecule has 3 N–H and O–H groups in total. The van der Waals surface area contributed by atoms with E-state index in [2.05, 4.69) is 15.6 Å². The average molecular weight is 363 g/mol. The number of aromatic nitrogens is 1. The zero-order chi connectivity index (χ0) is 18.8. The van der Waals surface area contributed by atoms with E-state index in [4.69, 9.17) is 0 Å². The van der Waals surface area contributed by atoms with E-state index in [-0.39, 0.29) is 5.82 Å². The molecule has 0 aliphatic heterocycles. The van der Waals surface area contributed by atoms with Gasteiger partial charge in [0.05, 0.1) is 0 Å². The second kappa shape index (κ2) is 6.92. The molecule has 0 saturated heterocycles. The highest BCUT2D eigenvalue weighted by Crippen LogP contribution is 2.26. The third kappa shape index (κ3) is 3.79. The molecule has 1 aromatic heterocycles. The van der Waals surface area contributed by atoms with Crippen LogP contribution in [0, 0.1) is 11.6 Å². The topological polar surface area (TPSA) is 56.9 Å². The Hall–Kier alpha value is -3.67. The highest BCUT2D eigenvalue weighted by molar-refractivity contribution is 6.00. The second-order valence-electron chi connectivity index (χ2n) is 6.08. The number of anilines is 2. The molecule has 4 nitrogen and oxygen atoms in total. The van der Waals surface area contributed by atoms with Crippen molar-refractivity contribution in [1.29, 1.82) is 0 Å². The van der Waals surface area contributed by atoms with Gasteiger partial charge in [0.2, 0.25) is 0 Å². The molecule has 27 heavy (non-hydrogen) atoms. The number of H-pyrrole nitrogens is 1. The average Bonchev–Trinajstić information content (AvgIpc) is 3.05. The van der Waals surface area contributed by atoms with Crippen LogP contribution in [0.25, 0.3) is 22.2 Å². The Balaban J connectivity index is 1.53. The van der Waals surface area contributed by atoms with E-state index in [1.54, 1.807) is 30.3 Å². The quantitative estimate of drug-likeness (QED) is 0.426. The molecule has 0 aliphatic rings. The summed E-state index contributed by atoms with van der Waals surface area (Å²) < 4.78 is 26.6. The van der Waals surface area contributed by atoms with Gasteiger partial charge in [-0.2, -0.15) is 0 Å². The SMILES string of the molecule is O=C(Nc1cccc(F)c1)Nc1cccc(-c2cc3cc(F)ccc3[nH]2)c1. The van der Waals surface area contributed by atoms with Crippen molar-refractivity contribution in [3.8, 4) is 11.3 Å². The highest BCUT2D eigenvalue weighted by atomic mass is 19.1. The Morgan fingerprint density at radius 2 is 1.48 bits per heavy atom. The fraction of sp³-hybridized carbons (Fsp3) is 0. The van der Waals surface area contributed by atoms with E-state index in [0.29, 0.717) is 11.4 Å². The zero-order valence-electron chi connectivity index (χ0n) is 14.1. The van der Waals surface area contributed by atoms with Crippen LogP contribution < -0.4 is 10.6 Å². The maximum atomic E-state index is 13.4. The summed E-state index contributed by atoms with van der Waals surface area (Å²) in [5.41, 5.74) is 3.42. The maximum absolute atomic E-state index is 13.4. The summed E-state index contributed by atoms with van der Waals surface area (Å²) in [6, 6.07) is 18.8. The van der Waals surface area contributed by atoms with Crippen LogP contribution in [-0.2, 0) is 0 Å². The number of carbonyl (C=O) groups excluding carboxylic acids is 1. The summed E-state index contributed by atoms with van der Waals surface area (Å²) in [7, 11) is 0. The number of halogens is 2. The van der Waals surface area contributed by atoms with Crippen LogP contribution in [0.5, 0.6) is 0 Å². The van der Waals surface area contributed by atoms with Gasteiger partial charge < -0.3 is 15.6 Å². The molecule has 4 aromatic rings. The molecule has 0 spiro atoms. The lowest BCUT2D eigenvalue weighted by Crippen LogP contribution is -2.19. The van der Waals surface area contributed by atoms with Gasteiger partial charge in [0, 0.05) is 33.5 Å². The monoisotopic (exact) mass is 363 g/mol. The molecule has 0 aliphatic carbocycles.